The van der Waals surface area contributed by atoms with Crippen molar-refractivity contribution in [1.29, 1.82) is 0 Å². The van der Waals surface area contributed by atoms with E-state index in [0.29, 0.717) is 30.3 Å². The van der Waals surface area contributed by atoms with Crippen molar-refractivity contribution in [2.75, 3.05) is 13.1 Å². The van der Waals surface area contributed by atoms with E-state index in [0.717, 1.165) is 0 Å². The summed E-state index contributed by atoms with van der Waals surface area (Å²) >= 11 is 0. The first-order valence-electron chi connectivity index (χ1n) is 6.60. The molecule has 21 heavy (non-hydrogen) atoms. The van der Waals surface area contributed by atoms with Crippen molar-refractivity contribution in [3.8, 4) is 5.75 Å². The van der Waals surface area contributed by atoms with E-state index >= 15 is 0 Å². The Kier molecular flexibility index (Phi) is 3.43. The van der Waals surface area contributed by atoms with Crippen molar-refractivity contribution >= 4 is 5.91 Å². The molecular weight excluding hydrogens is 272 g/mol. The molecule has 0 aliphatic carbocycles. The number of amides is 1. The molecule has 3 rings (SSSR count). The Morgan fingerprint density at radius 2 is 2.19 bits per heavy atom. The first-order valence-corrected chi connectivity index (χ1v) is 6.60. The minimum Gasteiger partial charge on any atom is -0.486 e. The summed E-state index contributed by atoms with van der Waals surface area (Å²) in [7, 11) is 0. The Labute approximate surface area is 121 Å². The van der Waals surface area contributed by atoms with Gasteiger partial charge in [-0.1, -0.05) is 6.07 Å². The summed E-state index contributed by atoms with van der Waals surface area (Å²) < 4.78 is 10.5. The van der Waals surface area contributed by atoms with Crippen molar-refractivity contribution in [3.63, 3.8) is 0 Å². The molecule has 1 aliphatic rings. The van der Waals surface area contributed by atoms with Crippen LogP contribution in [-0.2, 0) is 0 Å². The highest BCUT2D eigenvalue weighted by Crippen LogP contribution is 2.19. The molecule has 3 heterocycles. The molecule has 1 fully saturated rings. The smallest absolute Gasteiger partial charge is 0.339 e. The van der Waals surface area contributed by atoms with Crippen LogP contribution in [-0.4, -0.2) is 35.0 Å². The summed E-state index contributed by atoms with van der Waals surface area (Å²) in [4.78, 5) is 29.0. The van der Waals surface area contributed by atoms with Crippen molar-refractivity contribution < 1.29 is 13.9 Å². The zero-order chi connectivity index (χ0) is 14.8. The Balaban J connectivity index is 1.59. The Hall–Kier alpha value is -2.63. The Morgan fingerprint density at radius 3 is 2.86 bits per heavy atom. The van der Waals surface area contributed by atoms with E-state index in [9.17, 15) is 9.59 Å². The van der Waals surface area contributed by atoms with Crippen molar-refractivity contribution in [1.82, 2.24) is 9.88 Å². The van der Waals surface area contributed by atoms with Crippen LogP contribution in [0.25, 0.3) is 0 Å². The number of nitrogens with zero attached hydrogens (tertiary/aromatic N) is 2. The fourth-order valence-electron chi connectivity index (χ4n) is 2.17. The van der Waals surface area contributed by atoms with E-state index in [4.69, 9.17) is 9.15 Å². The molecular formula is C15H14N2O4. The highest BCUT2D eigenvalue weighted by atomic mass is 16.5. The van der Waals surface area contributed by atoms with Gasteiger partial charge in [-0.25, -0.2) is 4.79 Å². The number of rotatable bonds is 3. The molecule has 2 aromatic rings. The number of carbonyl (C=O) groups is 1. The number of ether oxygens (including phenoxy) is 1. The van der Waals surface area contributed by atoms with E-state index in [-0.39, 0.29) is 12.0 Å². The average molecular weight is 286 g/mol. The molecule has 0 saturated carbocycles. The summed E-state index contributed by atoms with van der Waals surface area (Å²) in [5.41, 5.74) is -0.0158. The number of hydrogen-bond acceptors (Lipinski definition) is 5. The standard InChI is InChI=1S/C15H14N2O4/c1-10-6-11(7-14(18)20-10)21-12-8-17(9-12)15(19)13-4-2-3-5-16-13/h2-7,12H,8-9H2,1H3. The van der Waals surface area contributed by atoms with Gasteiger partial charge in [0.2, 0.25) is 0 Å². The normalized spacial score (nSPS) is 14.6. The molecule has 0 bridgehead atoms. The molecule has 0 radical (unpaired) electrons. The van der Waals surface area contributed by atoms with Crippen molar-refractivity contribution in [2.45, 2.75) is 13.0 Å². The molecule has 2 aromatic heterocycles. The minimum absolute atomic E-state index is 0.112. The molecule has 0 N–H and O–H groups in total. The van der Waals surface area contributed by atoms with Gasteiger partial charge in [0, 0.05) is 12.3 Å². The van der Waals surface area contributed by atoms with Crippen molar-refractivity contribution in [3.05, 3.63) is 58.4 Å². The SMILES string of the molecule is Cc1cc(OC2CN(C(=O)c3ccccn3)C2)cc(=O)o1. The lowest BCUT2D eigenvalue weighted by Crippen LogP contribution is -2.56. The quantitative estimate of drug-likeness (QED) is 0.849. The second-order valence-electron chi connectivity index (χ2n) is 4.89. The van der Waals surface area contributed by atoms with Gasteiger partial charge in [-0.3, -0.25) is 9.78 Å². The van der Waals surface area contributed by atoms with E-state index in [1.807, 2.05) is 0 Å². The van der Waals surface area contributed by atoms with Crippen molar-refractivity contribution in [2.24, 2.45) is 0 Å². The number of aryl methyl sites for hydroxylation is 1. The zero-order valence-electron chi connectivity index (χ0n) is 11.5. The number of pyridine rings is 1. The lowest BCUT2D eigenvalue weighted by Gasteiger charge is -2.38. The van der Waals surface area contributed by atoms with Crippen LogP contribution in [0.2, 0.25) is 0 Å². The third kappa shape index (κ3) is 2.94. The molecule has 6 nitrogen and oxygen atoms in total. The van der Waals surface area contributed by atoms with E-state index < -0.39 is 5.63 Å². The van der Waals surface area contributed by atoms with Gasteiger partial charge in [-0.2, -0.15) is 0 Å². The van der Waals surface area contributed by atoms with Gasteiger partial charge in [0.15, 0.2) is 0 Å². The van der Waals surface area contributed by atoms with Crippen LogP contribution in [0, 0.1) is 6.92 Å². The Morgan fingerprint density at radius 1 is 1.38 bits per heavy atom. The second-order valence-corrected chi connectivity index (χ2v) is 4.89. The maximum atomic E-state index is 12.1. The molecule has 1 amide bonds. The molecule has 0 aromatic carbocycles. The third-order valence-electron chi connectivity index (χ3n) is 3.19. The van der Waals surface area contributed by atoms with Gasteiger partial charge in [0.25, 0.3) is 5.91 Å². The van der Waals surface area contributed by atoms with Gasteiger partial charge in [0.1, 0.15) is 23.3 Å². The maximum absolute atomic E-state index is 12.1. The number of likely N-dealkylation sites (tertiary alicyclic amines) is 1. The third-order valence-corrected chi connectivity index (χ3v) is 3.19. The predicted molar refractivity (Wildman–Crippen MR) is 74.3 cm³/mol. The first-order chi connectivity index (χ1) is 10.1. The van der Waals surface area contributed by atoms with Gasteiger partial charge in [0.05, 0.1) is 19.2 Å². The average Bonchev–Trinajstić information content (AvgIpc) is 2.41. The summed E-state index contributed by atoms with van der Waals surface area (Å²) in [5.74, 6) is 0.858. The number of carbonyl (C=O) groups excluding carboxylic acids is 1. The maximum Gasteiger partial charge on any atom is 0.339 e. The van der Waals surface area contributed by atoms with Crippen LogP contribution in [0.4, 0.5) is 0 Å². The zero-order valence-corrected chi connectivity index (χ0v) is 11.5. The highest BCUT2D eigenvalue weighted by molar-refractivity contribution is 5.92. The van der Waals surface area contributed by atoms with E-state index in [1.54, 1.807) is 42.3 Å². The number of aromatic nitrogens is 1. The monoisotopic (exact) mass is 286 g/mol. The molecule has 0 unspecified atom stereocenters. The summed E-state index contributed by atoms with van der Waals surface area (Å²) in [6, 6.07) is 8.19. The topological polar surface area (TPSA) is 72.6 Å². The van der Waals surface area contributed by atoms with Crippen LogP contribution < -0.4 is 10.4 Å². The lowest BCUT2D eigenvalue weighted by atomic mass is 10.1. The molecule has 0 spiro atoms. The lowest BCUT2D eigenvalue weighted by molar-refractivity contribution is 0.0170. The van der Waals surface area contributed by atoms with Gasteiger partial charge in [-0.15, -0.1) is 0 Å². The first kappa shape index (κ1) is 13.4. The van der Waals surface area contributed by atoms with Gasteiger partial charge < -0.3 is 14.1 Å². The number of hydrogen-bond donors (Lipinski definition) is 0. The molecule has 6 heteroatoms. The largest absolute Gasteiger partial charge is 0.486 e. The molecule has 108 valence electrons. The molecule has 0 atom stereocenters. The van der Waals surface area contributed by atoms with Crippen LogP contribution >= 0.6 is 0 Å². The second kappa shape index (κ2) is 5.40. The summed E-state index contributed by atoms with van der Waals surface area (Å²) in [5, 5.41) is 0. The molecule has 1 aliphatic heterocycles. The fraction of sp³-hybridized carbons (Fsp3) is 0.267. The van der Waals surface area contributed by atoms with Crippen LogP contribution in [0.15, 0.2) is 45.7 Å². The summed E-state index contributed by atoms with van der Waals surface area (Å²) in [6.07, 6.45) is 1.48. The Bertz CT molecular complexity index is 705. The van der Waals surface area contributed by atoms with Crippen LogP contribution in [0.3, 0.4) is 0 Å². The predicted octanol–water partition coefficient (Wildman–Crippen LogP) is 1.25. The highest BCUT2D eigenvalue weighted by Gasteiger charge is 2.33. The van der Waals surface area contributed by atoms with Gasteiger partial charge >= 0.3 is 5.63 Å². The molecule has 1 saturated heterocycles. The van der Waals surface area contributed by atoms with Crippen LogP contribution in [0.1, 0.15) is 16.2 Å². The van der Waals surface area contributed by atoms with Gasteiger partial charge in [-0.05, 0) is 19.1 Å². The van der Waals surface area contributed by atoms with E-state index in [1.165, 1.54) is 6.07 Å². The fourth-order valence-corrected chi connectivity index (χ4v) is 2.17. The van der Waals surface area contributed by atoms with Crippen LogP contribution in [0.5, 0.6) is 5.75 Å². The summed E-state index contributed by atoms with van der Waals surface area (Å²) in [6.45, 7) is 2.65. The minimum atomic E-state index is -0.439. The van der Waals surface area contributed by atoms with E-state index in [2.05, 4.69) is 4.98 Å².